The van der Waals surface area contributed by atoms with Gasteiger partial charge in [0.25, 0.3) is 0 Å². The fourth-order valence-electron chi connectivity index (χ4n) is 3.09. The smallest absolute Gasteiger partial charge is 0.231 e. The average molecular weight is 318 g/mol. The van der Waals surface area contributed by atoms with E-state index < -0.39 is 6.10 Å². The third-order valence-corrected chi connectivity index (χ3v) is 4.53. The lowest BCUT2D eigenvalue weighted by atomic mass is 9.97. The summed E-state index contributed by atoms with van der Waals surface area (Å²) < 4.78 is 10.7. The first-order chi connectivity index (χ1) is 10.7. The first-order valence-electron chi connectivity index (χ1n) is 7.27. The van der Waals surface area contributed by atoms with Crippen molar-refractivity contribution in [1.82, 2.24) is 4.90 Å². The second-order valence-corrected chi connectivity index (χ2v) is 6.09. The van der Waals surface area contributed by atoms with E-state index in [1.54, 1.807) is 6.07 Å². The van der Waals surface area contributed by atoms with Gasteiger partial charge in [-0.3, -0.25) is 4.90 Å². The summed E-state index contributed by atoms with van der Waals surface area (Å²) in [6.07, 6.45) is -0.460. The van der Waals surface area contributed by atoms with Crippen LogP contribution in [-0.4, -0.2) is 23.3 Å². The van der Waals surface area contributed by atoms with E-state index in [9.17, 15) is 5.11 Å². The minimum atomic E-state index is -0.460. The van der Waals surface area contributed by atoms with Crippen molar-refractivity contribution in [2.24, 2.45) is 0 Å². The van der Waals surface area contributed by atoms with E-state index in [1.807, 2.05) is 24.3 Å². The average Bonchev–Trinajstić information content (AvgIpc) is 2.95. The highest BCUT2D eigenvalue weighted by molar-refractivity contribution is 6.31. The summed E-state index contributed by atoms with van der Waals surface area (Å²) in [5.74, 6) is 1.43. The molecule has 4 rings (SSSR count). The SMILES string of the molecule is OC1CN(Cc2cc3c(cc2Cl)OCO3)Cc2ccccc21. The highest BCUT2D eigenvalue weighted by atomic mass is 35.5. The van der Waals surface area contributed by atoms with Crippen molar-refractivity contribution in [2.45, 2.75) is 19.2 Å². The molecule has 2 aliphatic heterocycles. The fourth-order valence-corrected chi connectivity index (χ4v) is 3.31. The minimum Gasteiger partial charge on any atom is -0.454 e. The van der Waals surface area contributed by atoms with E-state index >= 15 is 0 Å². The zero-order valence-electron chi connectivity index (χ0n) is 12.0. The van der Waals surface area contributed by atoms with E-state index in [4.69, 9.17) is 21.1 Å². The molecule has 0 aromatic heterocycles. The lowest BCUT2D eigenvalue weighted by molar-refractivity contribution is 0.0882. The third kappa shape index (κ3) is 2.43. The summed E-state index contributed by atoms with van der Waals surface area (Å²) >= 11 is 6.34. The molecule has 114 valence electrons. The molecule has 4 nitrogen and oxygen atoms in total. The van der Waals surface area contributed by atoms with Gasteiger partial charge in [-0.15, -0.1) is 0 Å². The maximum Gasteiger partial charge on any atom is 0.231 e. The number of halogens is 1. The molecule has 0 radical (unpaired) electrons. The molecule has 1 N–H and O–H groups in total. The third-order valence-electron chi connectivity index (χ3n) is 4.17. The number of hydrogen-bond acceptors (Lipinski definition) is 4. The van der Waals surface area contributed by atoms with Crippen LogP contribution >= 0.6 is 11.6 Å². The van der Waals surface area contributed by atoms with Crippen molar-refractivity contribution >= 4 is 11.6 Å². The zero-order chi connectivity index (χ0) is 15.1. The number of β-amino-alcohol motifs (C(OH)–C–C–N with tert-alkyl or cyclic N) is 1. The fraction of sp³-hybridized carbons (Fsp3) is 0.294. The molecule has 0 saturated carbocycles. The van der Waals surface area contributed by atoms with Crippen molar-refractivity contribution in [3.05, 3.63) is 58.1 Å². The predicted octanol–water partition coefficient (Wildman–Crippen LogP) is 3.12. The normalized spacial score (nSPS) is 20.0. The molecule has 1 atom stereocenters. The highest BCUT2D eigenvalue weighted by Crippen LogP contribution is 2.38. The zero-order valence-corrected chi connectivity index (χ0v) is 12.7. The largest absolute Gasteiger partial charge is 0.454 e. The van der Waals surface area contributed by atoms with Crippen LogP contribution in [0.2, 0.25) is 5.02 Å². The molecule has 0 fully saturated rings. The minimum absolute atomic E-state index is 0.241. The lowest BCUT2D eigenvalue weighted by Gasteiger charge is -2.32. The van der Waals surface area contributed by atoms with E-state index in [0.29, 0.717) is 23.9 Å². The van der Waals surface area contributed by atoms with Crippen LogP contribution < -0.4 is 9.47 Å². The first-order valence-corrected chi connectivity index (χ1v) is 7.65. The Bertz CT molecular complexity index is 719. The number of ether oxygens (including phenoxy) is 2. The van der Waals surface area contributed by atoms with Gasteiger partial charge < -0.3 is 14.6 Å². The van der Waals surface area contributed by atoms with E-state index in [2.05, 4.69) is 11.0 Å². The first kappa shape index (κ1) is 13.9. The summed E-state index contributed by atoms with van der Waals surface area (Å²) in [4.78, 5) is 2.19. The topological polar surface area (TPSA) is 41.9 Å². The Balaban J connectivity index is 1.58. The van der Waals surface area contributed by atoms with Crippen molar-refractivity contribution in [1.29, 1.82) is 0 Å². The van der Waals surface area contributed by atoms with E-state index in [0.717, 1.165) is 29.0 Å². The van der Waals surface area contributed by atoms with Gasteiger partial charge in [-0.25, -0.2) is 0 Å². The summed E-state index contributed by atoms with van der Waals surface area (Å²) in [6.45, 7) is 2.31. The molecule has 22 heavy (non-hydrogen) atoms. The number of aliphatic hydroxyl groups is 1. The molecule has 2 heterocycles. The van der Waals surface area contributed by atoms with Gasteiger partial charge in [0.05, 0.1) is 6.10 Å². The molecule has 0 saturated heterocycles. The second kappa shape index (κ2) is 5.47. The van der Waals surface area contributed by atoms with Gasteiger partial charge in [0, 0.05) is 30.7 Å². The Morgan fingerprint density at radius 1 is 1.18 bits per heavy atom. The quantitative estimate of drug-likeness (QED) is 0.924. The van der Waals surface area contributed by atoms with Gasteiger partial charge in [-0.2, -0.15) is 0 Å². The maximum absolute atomic E-state index is 10.3. The van der Waals surface area contributed by atoms with Crippen LogP contribution in [-0.2, 0) is 13.1 Å². The van der Waals surface area contributed by atoms with Crippen LogP contribution in [0.4, 0.5) is 0 Å². The van der Waals surface area contributed by atoms with Gasteiger partial charge in [0.1, 0.15) is 0 Å². The summed E-state index contributed by atoms with van der Waals surface area (Å²) in [7, 11) is 0. The van der Waals surface area contributed by atoms with E-state index in [1.165, 1.54) is 0 Å². The Hall–Kier alpha value is -1.75. The predicted molar refractivity (Wildman–Crippen MR) is 83.1 cm³/mol. The van der Waals surface area contributed by atoms with Crippen molar-refractivity contribution < 1.29 is 14.6 Å². The molecule has 0 bridgehead atoms. The van der Waals surface area contributed by atoms with E-state index in [-0.39, 0.29) is 6.79 Å². The Kier molecular flexibility index (Phi) is 3.45. The summed E-state index contributed by atoms with van der Waals surface area (Å²) in [5, 5.41) is 11.0. The number of nitrogens with zero attached hydrogens (tertiary/aromatic N) is 1. The number of rotatable bonds is 2. The Morgan fingerprint density at radius 3 is 2.82 bits per heavy atom. The number of benzene rings is 2. The van der Waals surface area contributed by atoms with Gasteiger partial charge >= 0.3 is 0 Å². The molecule has 0 amide bonds. The number of fused-ring (bicyclic) bond motifs is 2. The lowest BCUT2D eigenvalue weighted by Crippen LogP contribution is -2.33. The molecule has 0 spiro atoms. The van der Waals surface area contributed by atoms with Crippen LogP contribution in [0.1, 0.15) is 22.8 Å². The Morgan fingerprint density at radius 2 is 1.95 bits per heavy atom. The van der Waals surface area contributed by atoms with Crippen LogP contribution in [0.25, 0.3) is 0 Å². The van der Waals surface area contributed by atoms with Crippen molar-refractivity contribution in [2.75, 3.05) is 13.3 Å². The summed E-state index contributed by atoms with van der Waals surface area (Å²) in [6, 6.07) is 11.7. The number of aliphatic hydroxyl groups excluding tert-OH is 1. The Labute approximate surface area is 133 Å². The van der Waals surface area contributed by atoms with Crippen LogP contribution in [0, 0.1) is 0 Å². The molecule has 0 aliphatic carbocycles. The monoisotopic (exact) mass is 317 g/mol. The second-order valence-electron chi connectivity index (χ2n) is 5.68. The van der Waals surface area contributed by atoms with Gasteiger partial charge in [-0.1, -0.05) is 35.9 Å². The van der Waals surface area contributed by atoms with Crippen molar-refractivity contribution in [3.8, 4) is 11.5 Å². The van der Waals surface area contributed by atoms with Crippen LogP contribution in [0.15, 0.2) is 36.4 Å². The van der Waals surface area contributed by atoms with Gasteiger partial charge in [0.2, 0.25) is 6.79 Å². The number of hydrogen-bond donors (Lipinski definition) is 1. The highest BCUT2D eigenvalue weighted by Gasteiger charge is 2.24. The molecule has 1 unspecified atom stereocenters. The molecular formula is C17H16ClNO3. The van der Waals surface area contributed by atoms with Crippen LogP contribution in [0.3, 0.4) is 0 Å². The van der Waals surface area contributed by atoms with Gasteiger partial charge in [0.15, 0.2) is 11.5 Å². The standard InChI is InChI=1S/C17H16ClNO3/c18-14-6-17-16(21-10-22-17)5-12(14)8-19-7-11-3-1-2-4-13(11)15(20)9-19/h1-6,15,20H,7-10H2. The molecular weight excluding hydrogens is 302 g/mol. The molecule has 5 heteroatoms. The van der Waals surface area contributed by atoms with Crippen molar-refractivity contribution in [3.63, 3.8) is 0 Å². The molecule has 2 aromatic carbocycles. The molecule has 2 aromatic rings. The maximum atomic E-state index is 10.3. The van der Waals surface area contributed by atoms with Crippen LogP contribution in [0.5, 0.6) is 11.5 Å². The van der Waals surface area contributed by atoms with Gasteiger partial charge in [-0.05, 0) is 22.8 Å². The summed E-state index contributed by atoms with van der Waals surface area (Å²) in [5.41, 5.74) is 3.17. The molecule has 2 aliphatic rings.